The molecule has 0 aliphatic carbocycles. The molecule has 0 unspecified atom stereocenters. The molecule has 30 heavy (non-hydrogen) atoms. The molecule has 0 bridgehead atoms. The lowest BCUT2D eigenvalue weighted by Gasteiger charge is -2.11. The molecule has 3 heterocycles. The Morgan fingerprint density at radius 3 is 2.90 bits per heavy atom. The van der Waals surface area contributed by atoms with E-state index in [1.807, 2.05) is 16.8 Å². The number of ether oxygens (including phenoxy) is 1. The summed E-state index contributed by atoms with van der Waals surface area (Å²) in [4.78, 5) is 27.5. The molecule has 1 aromatic carbocycles. The van der Waals surface area contributed by atoms with Crippen molar-refractivity contribution < 1.29 is 9.66 Å². The molecule has 4 rings (SSSR count). The summed E-state index contributed by atoms with van der Waals surface area (Å²) in [6, 6.07) is 7.15. The molecule has 0 saturated carbocycles. The Kier molecular flexibility index (Phi) is 5.80. The number of anilines is 1. The lowest BCUT2D eigenvalue weighted by molar-refractivity contribution is -0.385. The summed E-state index contributed by atoms with van der Waals surface area (Å²) in [7, 11) is 0. The van der Waals surface area contributed by atoms with Gasteiger partial charge in [-0.15, -0.1) is 0 Å². The van der Waals surface area contributed by atoms with Crippen LogP contribution in [0.1, 0.15) is 6.42 Å². The standard InChI is InChI=1S/C19H16BrN7O3/c20-14-4-5-15(16-13(14)3-1-6-22-16)30-19-17(27(28)29)18(24-11-25-19)23-7-2-9-26-10-8-21-12-26/h1,3-6,8,10-12H,2,7,9H2,(H,23,24,25). The van der Waals surface area contributed by atoms with Crippen molar-refractivity contribution in [2.45, 2.75) is 13.0 Å². The quantitative estimate of drug-likeness (QED) is 0.231. The van der Waals surface area contributed by atoms with E-state index in [0.29, 0.717) is 17.8 Å². The van der Waals surface area contributed by atoms with Crippen LogP contribution in [0.5, 0.6) is 11.6 Å². The highest BCUT2D eigenvalue weighted by Gasteiger charge is 2.25. The van der Waals surface area contributed by atoms with Gasteiger partial charge in [-0.05, 0) is 24.6 Å². The van der Waals surface area contributed by atoms with Gasteiger partial charge < -0.3 is 14.6 Å². The van der Waals surface area contributed by atoms with Crippen molar-refractivity contribution in [3.63, 3.8) is 0 Å². The van der Waals surface area contributed by atoms with Crippen molar-refractivity contribution in [2.75, 3.05) is 11.9 Å². The van der Waals surface area contributed by atoms with E-state index in [1.54, 1.807) is 36.9 Å². The van der Waals surface area contributed by atoms with Crippen LogP contribution in [0.25, 0.3) is 10.9 Å². The molecule has 10 nitrogen and oxygen atoms in total. The second-order valence-corrected chi connectivity index (χ2v) is 7.12. The molecule has 0 spiro atoms. The van der Waals surface area contributed by atoms with Crippen molar-refractivity contribution in [3.05, 3.63) is 70.1 Å². The third kappa shape index (κ3) is 4.20. The van der Waals surface area contributed by atoms with Gasteiger partial charge in [0.2, 0.25) is 5.82 Å². The van der Waals surface area contributed by atoms with Gasteiger partial charge in [-0.1, -0.05) is 22.0 Å². The Balaban J connectivity index is 1.57. The van der Waals surface area contributed by atoms with Crippen molar-refractivity contribution in [3.8, 4) is 11.6 Å². The minimum absolute atomic E-state index is 0.102. The number of halogens is 1. The van der Waals surface area contributed by atoms with Crippen molar-refractivity contribution in [2.24, 2.45) is 0 Å². The molecular formula is C19H16BrN7O3. The number of hydrogen-bond acceptors (Lipinski definition) is 8. The Labute approximate surface area is 179 Å². The minimum Gasteiger partial charge on any atom is -0.431 e. The van der Waals surface area contributed by atoms with Crippen LogP contribution in [-0.4, -0.2) is 36.0 Å². The fraction of sp³-hybridized carbons (Fsp3) is 0.158. The van der Waals surface area contributed by atoms with Gasteiger partial charge in [0.1, 0.15) is 11.8 Å². The van der Waals surface area contributed by atoms with E-state index in [2.05, 4.69) is 41.2 Å². The minimum atomic E-state index is -0.554. The fourth-order valence-electron chi connectivity index (χ4n) is 2.92. The monoisotopic (exact) mass is 469 g/mol. The lowest BCUT2D eigenvalue weighted by atomic mass is 10.2. The van der Waals surface area contributed by atoms with Crippen LogP contribution in [0.2, 0.25) is 0 Å². The second kappa shape index (κ2) is 8.82. The molecule has 1 N–H and O–H groups in total. The number of aryl methyl sites for hydroxylation is 1. The van der Waals surface area contributed by atoms with E-state index in [1.165, 1.54) is 6.33 Å². The van der Waals surface area contributed by atoms with E-state index in [0.717, 1.165) is 22.8 Å². The molecular weight excluding hydrogens is 454 g/mol. The van der Waals surface area contributed by atoms with E-state index in [9.17, 15) is 10.1 Å². The molecule has 3 aromatic heterocycles. The molecule has 0 amide bonds. The molecule has 0 fully saturated rings. The van der Waals surface area contributed by atoms with Crippen molar-refractivity contribution in [1.29, 1.82) is 0 Å². The summed E-state index contributed by atoms with van der Waals surface area (Å²) in [6.07, 6.45) is 8.87. The molecule has 4 aromatic rings. The number of pyridine rings is 1. The first-order chi connectivity index (χ1) is 14.6. The Morgan fingerprint density at radius 2 is 2.10 bits per heavy atom. The van der Waals surface area contributed by atoms with E-state index in [-0.39, 0.29) is 17.4 Å². The van der Waals surface area contributed by atoms with Gasteiger partial charge in [0, 0.05) is 41.5 Å². The van der Waals surface area contributed by atoms with Crippen molar-refractivity contribution in [1.82, 2.24) is 24.5 Å². The van der Waals surface area contributed by atoms with Gasteiger partial charge in [-0.25, -0.2) is 9.97 Å². The summed E-state index contributed by atoms with van der Waals surface area (Å²) in [5.74, 6) is 0.313. The molecule has 0 atom stereocenters. The van der Waals surface area contributed by atoms with Gasteiger partial charge in [0.25, 0.3) is 0 Å². The number of benzene rings is 1. The zero-order valence-electron chi connectivity index (χ0n) is 15.6. The SMILES string of the molecule is O=[N+]([O-])c1c(NCCCn2ccnc2)ncnc1Oc1ccc(Br)c2cccnc12. The average Bonchev–Trinajstić information content (AvgIpc) is 3.27. The fourth-order valence-corrected chi connectivity index (χ4v) is 3.37. The highest BCUT2D eigenvalue weighted by atomic mass is 79.9. The maximum absolute atomic E-state index is 11.7. The maximum Gasteiger partial charge on any atom is 0.373 e. The van der Waals surface area contributed by atoms with E-state index < -0.39 is 4.92 Å². The summed E-state index contributed by atoms with van der Waals surface area (Å²) >= 11 is 3.47. The smallest absolute Gasteiger partial charge is 0.373 e. The van der Waals surface area contributed by atoms with Gasteiger partial charge in [0.05, 0.1) is 11.3 Å². The number of fused-ring (bicyclic) bond motifs is 1. The molecule has 0 aliphatic heterocycles. The first kappa shape index (κ1) is 19.7. The molecule has 0 radical (unpaired) electrons. The first-order valence-corrected chi connectivity index (χ1v) is 9.83. The van der Waals surface area contributed by atoms with Crippen LogP contribution in [0.4, 0.5) is 11.5 Å². The van der Waals surface area contributed by atoms with Gasteiger partial charge in [0.15, 0.2) is 5.75 Å². The van der Waals surface area contributed by atoms with Crippen molar-refractivity contribution >= 4 is 38.3 Å². The second-order valence-electron chi connectivity index (χ2n) is 6.26. The van der Waals surface area contributed by atoms with Crippen LogP contribution in [0.3, 0.4) is 0 Å². The van der Waals surface area contributed by atoms with Gasteiger partial charge >= 0.3 is 11.6 Å². The zero-order chi connectivity index (χ0) is 20.9. The van der Waals surface area contributed by atoms with Gasteiger partial charge in [-0.2, -0.15) is 4.98 Å². The van der Waals surface area contributed by atoms with Gasteiger partial charge in [-0.3, -0.25) is 15.1 Å². The zero-order valence-corrected chi connectivity index (χ0v) is 17.2. The summed E-state index contributed by atoms with van der Waals surface area (Å²) in [5.41, 5.74) is 0.238. The normalized spacial score (nSPS) is 10.8. The topological polar surface area (TPSA) is 121 Å². The number of aromatic nitrogens is 5. The summed E-state index contributed by atoms with van der Waals surface area (Å²) in [6.45, 7) is 1.21. The number of hydrogen-bond donors (Lipinski definition) is 1. The number of rotatable bonds is 8. The lowest BCUT2D eigenvalue weighted by Crippen LogP contribution is -2.10. The molecule has 0 saturated heterocycles. The largest absolute Gasteiger partial charge is 0.431 e. The maximum atomic E-state index is 11.7. The third-order valence-corrected chi connectivity index (χ3v) is 4.99. The Morgan fingerprint density at radius 1 is 1.20 bits per heavy atom. The Hall–Kier alpha value is -3.60. The highest BCUT2D eigenvalue weighted by Crippen LogP contribution is 2.37. The predicted octanol–water partition coefficient (Wildman–Crippen LogP) is 4.19. The van der Waals surface area contributed by atoms with E-state index >= 15 is 0 Å². The molecule has 152 valence electrons. The number of nitrogens with one attached hydrogen (secondary N) is 1. The third-order valence-electron chi connectivity index (χ3n) is 4.30. The molecule has 0 aliphatic rings. The first-order valence-electron chi connectivity index (χ1n) is 9.03. The summed E-state index contributed by atoms with van der Waals surface area (Å²) < 4.78 is 8.59. The van der Waals surface area contributed by atoms with Crippen LogP contribution < -0.4 is 10.1 Å². The highest BCUT2D eigenvalue weighted by molar-refractivity contribution is 9.10. The number of nitro groups is 1. The van der Waals surface area contributed by atoms with Crippen LogP contribution in [0.15, 0.2) is 60.0 Å². The number of nitrogens with zero attached hydrogens (tertiary/aromatic N) is 6. The summed E-state index contributed by atoms with van der Waals surface area (Å²) in [5, 5.41) is 15.6. The predicted molar refractivity (Wildman–Crippen MR) is 114 cm³/mol. The average molecular weight is 470 g/mol. The number of imidazole rings is 1. The Bertz CT molecular complexity index is 1180. The van der Waals surface area contributed by atoms with Crippen LogP contribution in [-0.2, 0) is 6.54 Å². The van der Waals surface area contributed by atoms with E-state index in [4.69, 9.17) is 4.74 Å². The van der Waals surface area contributed by atoms with Crippen LogP contribution >= 0.6 is 15.9 Å². The molecule has 11 heteroatoms. The van der Waals surface area contributed by atoms with Crippen LogP contribution in [0, 0.1) is 10.1 Å².